The Balaban J connectivity index is 1.56. The summed E-state index contributed by atoms with van der Waals surface area (Å²) in [4.78, 5) is 12.1. The third-order valence-corrected chi connectivity index (χ3v) is 5.10. The molecule has 102 valence electrons. The highest BCUT2D eigenvalue weighted by Gasteiger charge is 2.51. The first-order valence-corrected chi connectivity index (χ1v) is 7.69. The van der Waals surface area contributed by atoms with Gasteiger partial charge in [0.15, 0.2) is 0 Å². The zero-order chi connectivity index (χ0) is 12.5. The molecule has 0 heterocycles. The van der Waals surface area contributed by atoms with Crippen molar-refractivity contribution in [3.8, 4) is 0 Å². The molecule has 2 bridgehead atoms. The number of carbonyl (C=O) groups excluding carboxylic acids is 1. The van der Waals surface area contributed by atoms with Gasteiger partial charge in [-0.3, -0.25) is 4.79 Å². The van der Waals surface area contributed by atoms with Gasteiger partial charge in [0.05, 0.1) is 12.5 Å². The van der Waals surface area contributed by atoms with Gasteiger partial charge in [-0.05, 0) is 56.9 Å². The molecule has 1 N–H and O–H groups in total. The van der Waals surface area contributed by atoms with Crippen molar-refractivity contribution in [2.24, 2.45) is 23.7 Å². The number of hydrogen-bond donors (Lipinski definition) is 1. The van der Waals surface area contributed by atoms with Crippen LogP contribution < -0.4 is 5.32 Å². The quantitative estimate of drug-likeness (QED) is 0.736. The third-order valence-electron chi connectivity index (χ3n) is 5.10. The van der Waals surface area contributed by atoms with Crippen LogP contribution in [0.2, 0.25) is 0 Å². The van der Waals surface area contributed by atoms with E-state index in [4.69, 9.17) is 4.74 Å². The molecule has 0 aliphatic heterocycles. The SMILES string of the molecule is CCOC(=O)C1C2CC[C@H](C2)C1NCCC1CC1. The summed E-state index contributed by atoms with van der Waals surface area (Å²) in [7, 11) is 0. The van der Waals surface area contributed by atoms with E-state index in [0.29, 0.717) is 18.6 Å². The first-order valence-electron chi connectivity index (χ1n) is 7.69. The fourth-order valence-electron chi connectivity index (χ4n) is 4.02. The lowest BCUT2D eigenvalue weighted by molar-refractivity contribution is -0.150. The summed E-state index contributed by atoms with van der Waals surface area (Å²) in [6.07, 6.45) is 7.91. The molecule has 4 atom stereocenters. The number of esters is 1. The maximum Gasteiger partial charge on any atom is 0.310 e. The summed E-state index contributed by atoms with van der Waals surface area (Å²) >= 11 is 0. The Morgan fingerprint density at radius 3 is 2.72 bits per heavy atom. The lowest BCUT2D eigenvalue weighted by Gasteiger charge is -2.30. The van der Waals surface area contributed by atoms with E-state index in [1.54, 1.807) is 0 Å². The number of ether oxygens (including phenoxy) is 1. The van der Waals surface area contributed by atoms with E-state index in [2.05, 4.69) is 5.32 Å². The summed E-state index contributed by atoms with van der Waals surface area (Å²) in [5, 5.41) is 3.67. The highest BCUT2D eigenvalue weighted by molar-refractivity contribution is 5.74. The standard InChI is InChI=1S/C15H25NO2/c1-2-18-15(17)13-11-5-6-12(9-11)14(13)16-8-7-10-3-4-10/h10-14,16H,2-9H2,1H3/t11?,12-,13?,14?/m1/s1. The predicted molar refractivity (Wildman–Crippen MR) is 70.1 cm³/mol. The lowest BCUT2D eigenvalue weighted by Crippen LogP contribution is -2.45. The number of rotatable bonds is 6. The van der Waals surface area contributed by atoms with E-state index in [9.17, 15) is 4.79 Å². The van der Waals surface area contributed by atoms with E-state index in [-0.39, 0.29) is 11.9 Å². The Kier molecular flexibility index (Phi) is 3.60. The molecule has 3 aliphatic carbocycles. The van der Waals surface area contributed by atoms with Gasteiger partial charge in [0.25, 0.3) is 0 Å². The fraction of sp³-hybridized carbons (Fsp3) is 0.933. The molecule has 3 heteroatoms. The van der Waals surface area contributed by atoms with E-state index in [0.717, 1.165) is 18.4 Å². The first-order chi connectivity index (χ1) is 8.79. The molecule has 0 aromatic heterocycles. The molecule has 0 saturated heterocycles. The molecule has 3 rings (SSSR count). The predicted octanol–water partition coefficient (Wildman–Crippen LogP) is 2.35. The van der Waals surface area contributed by atoms with Crippen LogP contribution in [0.4, 0.5) is 0 Å². The summed E-state index contributed by atoms with van der Waals surface area (Å²) in [6.45, 7) is 3.51. The summed E-state index contributed by atoms with van der Waals surface area (Å²) in [5.74, 6) is 2.48. The molecule has 0 aromatic rings. The van der Waals surface area contributed by atoms with Crippen LogP contribution in [-0.2, 0) is 9.53 Å². The average molecular weight is 251 g/mol. The van der Waals surface area contributed by atoms with E-state index < -0.39 is 0 Å². The molecule has 0 amide bonds. The first kappa shape index (κ1) is 12.5. The molecule has 18 heavy (non-hydrogen) atoms. The van der Waals surface area contributed by atoms with Crippen LogP contribution >= 0.6 is 0 Å². The van der Waals surface area contributed by atoms with Crippen LogP contribution in [0.1, 0.15) is 45.4 Å². The molecular weight excluding hydrogens is 226 g/mol. The normalized spacial score (nSPS) is 38.1. The third kappa shape index (κ3) is 2.42. The van der Waals surface area contributed by atoms with E-state index in [1.807, 2.05) is 6.92 Å². The minimum Gasteiger partial charge on any atom is -0.466 e. The Labute approximate surface area is 110 Å². The van der Waals surface area contributed by atoms with Gasteiger partial charge < -0.3 is 10.1 Å². The van der Waals surface area contributed by atoms with Gasteiger partial charge in [-0.2, -0.15) is 0 Å². The van der Waals surface area contributed by atoms with Crippen molar-refractivity contribution in [3.05, 3.63) is 0 Å². The average Bonchev–Trinajstić information content (AvgIpc) is 2.96. The van der Waals surface area contributed by atoms with Gasteiger partial charge in [-0.1, -0.05) is 12.8 Å². The van der Waals surface area contributed by atoms with Gasteiger partial charge in [-0.25, -0.2) is 0 Å². The second-order valence-corrected chi connectivity index (χ2v) is 6.32. The van der Waals surface area contributed by atoms with Crippen LogP contribution in [0.3, 0.4) is 0 Å². The molecular formula is C15H25NO2. The molecule has 3 saturated carbocycles. The Morgan fingerprint density at radius 2 is 2.00 bits per heavy atom. The van der Waals surface area contributed by atoms with Crippen molar-refractivity contribution in [1.82, 2.24) is 5.32 Å². The number of hydrogen-bond acceptors (Lipinski definition) is 3. The summed E-state index contributed by atoms with van der Waals surface area (Å²) in [5.41, 5.74) is 0. The van der Waals surface area contributed by atoms with Gasteiger partial charge in [-0.15, -0.1) is 0 Å². The largest absolute Gasteiger partial charge is 0.466 e. The van der Waals surface area contributed by atoms with Crippen LogP contribution in [-0.4, -0.2) is 25.2 Å². The monoisotopic (exact) mass is 251 g/mol. The molecule has 3 unspecified atom stereocenters. The van der Waals surface area contributed by atoms with Gasteiger partial charge >= 0.3 is 5.97 Å². The van der Waals surface area contributed by atoms with Crippen molar-refractivity contribution >= 4 is 5.97 Å². The molecule has 3 fully saturated rings. The van der Waals surface area contributed by atoms with Crippen LogP contribution in [0.5, 0.6) is 0 Å². The highest BCUT2D eigenvalue weighted by Crippen LogP contribution is 2.49. The zero-order valence-electron chi connectivity index (χ0n) is 11.4. The molecule has 0 radical (unpaired) electrons. The molecule has 0 aromatic carbocycles. The lowest BCUT2D eigenvalue weighted by atomic mass is 9.84. The van der Waals surface area contributed by atoms with Crippen LogP contribution in [0.25, 0.3) is 0 Å². The Hall–Kier alpha value is -0.570. The number of nitrogens with one attached hydrogen (secondary N) is 1. The summed E-state index contributed by atoms with van der Waals surface area (Å²) in [6, 6.07) is 0.404. The number of carbonyl (C=O) groups is 1. The summed E-state index contributed by atoms with van der Waals surface area (Å²) < 4.78 is 5.27. The van der Waals surface area contributed by atoms with Gasteiger partial charge in [0.1, 0.15) is 0 Å². The topological polar surface area (TPSA) is 38.3 Å². The van der Waals surface area contributed by atoms with Crippen molar-refractivity contribution in [1.29, 1.82) is 0 Å². The Morgan fingerprint density at radius 1 is 1.22 bits per heavy atom. The maximum atomic E-state index is 12.1. The van der Waals surface area contributed by atoms with Crippen molar-refractivity contribution in [2.45, 2.75) is 51.5 Å². The molecule has 3 nitrogen and oxygen atoms in total. The van der Waals surface area contributed by atoms with Crippen LogP contribution in [0, 0.1) is 23.7 Å². The minimum absolute atomic E-state index is 0.0496. The highest BCUT2D eigenvalue weighted by atomic mass is 16.5. The van der Waals surface area contributed by atoms with Gasteiger partial charge in [0.2, 0.25) is 0 Å². The van der Waals surface area contributed by atoms with Crippen molar-refractivity contribution < 1.29 is 9.53 Å². The van der Waals surface area contributed by atoms with E-state index in [1.165, 1.54) is 38.5 Å². The molecule has 0 spiro atoms. The smallest absolute Gasteiger partial charge is 0.310 e. The maximum absolute atomic E-state index is 12.1. The van der Waals surface area contributed by atoms with Crippen LogP contribution in [0.15, 0.2) is 0 Å². The van der Waals surface area contributed by atoms with Gasteiger partial charge in [0, 0.05) is 6.04 Å². The van der Waals surface area contributed by atoms with Crippen molar-refractivity contribution in [2.75, 3.05) is 13.2 Å². The number of fused-ring (bicyclic) bond motifs is 2. The molecule has 3 aliphatic rings. The minimum atomic E-state index is 0.0496. The second kappa shape index (κ2) is 5.20. The Bertz CT molecular complexity index is 314. The fourth-order valence-corrected chi connectivity index (χ4v) is 4.02. The van der Waals surface area contributed by atoms with Crippen molar-refractivity contribution in [3.63, 3.8) is 0 Å². The second-order valence-electron chi connectivity index (χ2n) is 6.32. The van der Waals surface area contributed by atoms with E-state index >= 15 is 0 Å². The zero-order valence-corrected chi connectivity index (χ0v) is 11.4.